The Balaban J connectivity index is 1.51. The smallest absolute Gasteiger partial charge is 0.251 e. The molecule has 1 amide bonds. The Morgan fingerprint density at radius 2 is 2.06 bits per heavy atom. The number of imidazole rings is 1. The van der Waals surface area contributed by atoms with Crippen LogP contribution in [0.15, 0.2) is 43.0 Å². The highest BCUT2D eigenvalue weighted by Crippen LogP contribution is 2.31. The van der Waals surface area contributed by atoms with Crippen molar-refractivity contribution in [1.29, 1.82) is 0 Å². The fraction of sp³-hybridized carbons (Fsp3) is 0.333. The maximum Gasteiger partial charge on any atom is 0.251 e. The molecule has 4 rings (SSSR count). The molecule has 1 atom stereocenters. The van der Waals surface area contributed by atoms with E-state index in [1.165, 1.54) is 0 Å². The molecule has 9 nitrogen and oxygen atoms in total. The van der Waals surface area contributed by atoms with Gasteiger partial charge in [0.25, 0.3) is 5.91 Å². The van der Waals surface area contributed by atoms with Crippen molar-refractivity contribution in [2.24, 2.45) is 0 Å². The molecule has 0 bridgehead atoms. The predicted octanol–water partition coefficient (Wildman–Crippen LogP) is 1.91. The van der Waals surface area contributed by atoms with Crippen LogP contribution in [0.4, 0.5) is 0 Å². The van der Waals surface area contributed by atoms with Crippen molar-refractivity contribution >= 4 is 22.1 Å². The summed E-state index contributed by atoms with van der Waals surface area (Å²) in [5.74, 6) is -0.114. The van der Waals surface area contributed by atoms with E-state index in [1.807, 2.05) is 35.5 Å². The van der Waals surface area contributed by atoms with Crippen LogP contribution in [-0.4, -0.2) is 67.5 Å². The maximum atomic E-state index is 12.2. The quantitative estimate of drug-likeness (QED) is 0.435. The Morgan fingerprint density at radius 3 is 2.77 bits per heavy atom. The van der Waals surface area contributed by atoms with Crippen LogP contribution in [0, 0.1) is 0 Å². The topological polar surface area (TPSA) is 101 Å². The zero-order valence-electron chi connectivity index (χ0n) is 17.7. The lowest BCUT2D eigenvalue weighted by atomic mass is 10.1. The molecule has 1 aromatic carbocycles. The highest BCUT2D eigenvalue weighted by molar-refractivity contribution is 7.17. The molecular formula is C21H25N7O2S. The summed E-state index contributed by atoms with van der Waals surface area (Å²) in [5, 5.41) is 22.2. The minimum absolute atomic E-state index is 0.114. The number of hydrogen-bond donors (Lipinski definition) is 2. The van der Waals surface area contributed by atoms with Gasteiger partial charge in [-0.05, 0) is 44.8 Å². The van der Waals surface area contributed by atoms with E-state index in [2.05, 4.69) is 27.5 Å². The minimum atomic E-state index is -0.909. The van der Waals surface area contributed by atoms with Gasteiger partial charge in [-0.2, -0.15) is 0 Å². The molecule has 10 heteroatoms. The minimum Gasteiger partial charge on any atom is -0.380 e. The van der Waals surface area contributed by atoms with Gasteiger partial charge in [-0.3, -0.25) is 9.20 Å². The lowest BCUT2D eigenvalue weighted by Crippen LogP contribution is -2.31. The van der Waals surface area contributed by atoms with Gasteiger partial charge in [0.15, 0.2) is 0 Å². The van der Waals surface area contributed by atoms with Crippen LogP contribution in [0.25, 0.3) is 10.5 Å². The normalized spacial score (nSPS) is 12.5. The largest absolute Gasteiger partial charge is 0.380 e. The van der Waals surface area contributed by atoms with Crippen molar-refractivity contribution in [3.05, 3.63) is 64.8 Å². The number of carbonyl (C=O) groups excluding carboxylic acids is 1. The van der Waals surface area contributed by atoms with E-state index in [0.29, 0.717) is 17.8 Å². The van der Waals surface area contributed by atoms with Crippen molar-refractivity contribution in [3.63, 3.8) is 0 Å². The number of benzene rings is 1. The lowest BCUT2D eigenvalue weighted by molar-refractivity contribution is 0.0951. The lowest BCUT2D eigenvalue weighted by Gasteiger charge is -2.10. The molecule has 0 aliphatic carbocycles. The van der Waals surface area contributed by atoms with E-state index in [-0.39, 0.29) is 5.91 Å². The van der Waals surface area contributed by atoms with Gasteiger partial charge < -0.3 is 15.3 Å². The van der Waals surface area contributed by atoms with Crippen LogP contribution < -0.4 is 5.32 Å². The molecule has 162 valence electrons. The Hall–Kier alpha value is -3.08. The zero-order valence-corrected chi connectivity index (χ0v) is 18.5. The molecular weight excluding hydrogens is 414 g/mol. The molecule has 0 aliphatic rings. The zero-order chi connectivity index (χ0) is 22.0. The fourth-order valence-electron chi connectivity index (χ4n) is 3.32. The van der Waals surface area contributed by atoms with Gasteiger partial charge in [-0.1, -0.05) is 12.1 Å². The third kappa shape index (κ3) is 4.36. The first-order chi connectivity index (χ1) is 15.0. The monoisotopic (exact) mass is 439 g/mol. The van der Waals surface area contributed by atoms with Crippen LogP contribution in [0.3, 0.4) is 0 Å². The number of aliphatic hydroxyl groups is 1. The molecule has 0 radical (unpaired) electrons. The van der Waals surface area contributed by atoms with Gasteiger partial charge in [0.05, 0.1) is 23.8 Å². The van der Waals surface area contributed by atoms with Crippen LogP contribution in [0.2, 0.25) is 0 Å². The van der Waals surface area contributed by atoms with E-state index in [1.54, 1.807) is 46.9 Å². The second kappa shape index (κ2) is 8.96. The summed E-state index contributed by atoms with van der Waals surface area (Å²) in [5.41, 5.74) is 2.56. The number of fused-ring (bicyclic) bond motifs is 1. The third-order valence-corrected chi connectivity index (χ3v) is 6.24. The summed E-state index contributed by atoms with van der Waals surface area (Å²) in [6.07, 6.45) is 5.10. The van der Waals surface area contributed by atoms with Crippen LogP contribution in [0.1, 0.15) is 39.7 Å². The number of aryl methyl sites for hydroxylation is 1. The van der Waals surface area contributed by atoms with Gasteiger partial charge in [0.1, 0.15) is 23.0 Å². The van der Waals surface area contributed by atoms with Crippen molar-refractivity contribution in [3.8, 4) is 5.69 Å². The van der Waals surface area contributed by atoms with E-state index in [0.717, 1.165) is 34.1 Å². The number of hydrogen-bond acceptors (Lipinski definition) is 7. The second-order valence-corrected chi connectivity index (χ2v) is 8.58. The number of amides is 1. The Kier molecular flexibility index (Phi) is 6.12. The third-order valence-electron chi connectivity index (χ3n) is 4.99. The summed E-state index contributed by atoms with van der Waals surface area (Å²) in [6, 6.07) is 7.12. The van der Waals surface area contributed by atoms with Gasteiger partial charge in [-0.15, -0.1) is 16.4 Å². The maximum absolute atomic E-state index is 12.2. The molecule has 1 unspecified atom stereocenters. The summed E-state index contributed by atoms with van der Waals surface area (Å²) < 4.78 is 3.49. The van der Waals surface area contributed by atoms with E-state index in [9.17, 15) is 9.90 Å². The molecule has 2 N–H and O–H groups in total. The number of carbonyl (C=O) groups is 1. The molecule has 0 spiro atoms. The number of aliphatic hydroxyl groups excluding tert-OH is 1. The second-order valence-electron chi connectivity index (χ2n) is 7.46. The molecule has 0 fully saturated rings. The standard InChI is InChI=1S/C21H25N7O2S/c1-4-17-19(27-13-22-11-18(27)31-17)20(29)16-12-28(25-24-16)15-7-5-14(6-8-15)21(30)23-9-10-26(2)3/h5-8,11-13,20,29H,4,9-10H2,1-3H3,(H,23,30). The molecule has 3 heterocycles. The van der Waals surface area contributed by atoms with Crippen molar-refractivity contribution in [2.45, 2.75) is 19.4 Å². The molecule has 0 saturated heterocycles. The van der Waals surface area contributed by atoms with Crippen LogP contribution in [-0.2, 0) is 6.42 Å². The number of nitrogens with zero attached hydrogens (tertiary/aromatic N) is 6. The molecule has 0 saturated carbocycles. The van der Waals surface area contributed by atoms with Crippen LogP contribution in [0.5, 0.6) is 0 Å². The number of likely N-dealkylation sites (N-methyl/N-ethyl adjacent to an activating group) is 1. The van der Waals surface area contributed by atoms with E-state index in [4.69, 9.17) is 0 Å². The number of rotatable bonds is 8. The first-order valence-corrected chi connectivity index (χ1v) is 10.9. The van der Waals surface area contributed by atoms with Crippen molar-refractivity contribution in [2.75, 3.05) is 27.2 Å². The fourth-order valence-corrected chi connectivity index (χ4v) is 4.39. The number of thiazole rings is 1. The highest BCUT2D eigenvalue weighted by Gasteiger charge is 2.23. The highest BCUT2D eigenvalue weighted by atomic mass is 32.1. The predicted molar refractivity (Wildman–Crippen MR) is 119 cm³/mol. The Labute approximate surface area is 184 Å². The van der Waals surface area contributed by atoms with Gasteiger partial charge in [0.2, 0.25) is 0 Å². The van der Waals surface area contributed by atoms with Crippen molar-refractivity contribution in [1.82, 2.24) is 34.6 Å². The number of nitrogens with one attached hydrogen (secondary N) is 1. The van der Waals surface area contributed by atoms with Gasteiger partial charge in [0, 0.05) is 23.5 Å². The summed E-state index contributed by atoms with van der Waals surface area (Å²) >= 11 is 1.61. The van der Waals surface area contributed by atoms with E-state index < -0.39 is 6.10 Å². The summed E-state index contributed by atoms with van der Waals surface area (Å²) in [6.45, 7) is 3.43. The Bertz CT molecular complexity index is 1180. The summed E-state index contributed by atoms with van der Waals surface area (Å²) in [4.78, 5) is 20.5. The van der Waals surface area contributed by atoms with Crippen LogP contribution >= 0.6 is 11.3 Å². The number of aromatic nitrogens is 5. The average Bonchev–Trinajstić information content (AvgIpc) is 3.48. The van der Waals surface area contributed by atoms with Crippen molar-refractivity contribution < 1.29 is 9.90 Å². The first-order valence-electron chi connectivity index (χ1n) is 10.0. The molecule has 31 heavy (non-hydrogen) atoms. The van der Waals surface area contributed by atoms with E-state index >= 15 is 0 Å². The van der Waals surface area contributed by atoms with Gasteiger partial charge in [-0.25, -0.2) is 9.67 Å². The first kappa shape index (κ1) is 21.2. The molecule has 4 aromatic rings. The average molecular weight is 440 g/mol. The molecule has 0 aliphatic heterocycles. The van der Waals surface area contributed by atoms with Gasteiger partial charge >= 0.3 is 0 Å². The summed E-state index contributed by atoms with van der Waals surface area (Å²) in [7, 11) is 3.92. The Morgan fingerprint density at radius 1 is 1.29 bits per heavy atom. The SMILES string of the molecule is CCc1sc2cncn2c1C(O)c1cn(-c2ccc(C(=O)NCCN(C)C)cc2)nn1. The molecule has 3 aromatic heterocycles.